The van der Waals surface area contributed by atoms with Crippen LogP contribution in [0.2, 0.25) is 5.02 Å². The smallest absolute Gasteiger partial charge is 0.348 e. The van der Waals surface area contributed by atoms with Crippen molar-refractivity contribution in [2.75, 3.05) is 6.54 Å². The van der Waals surface area contributed by atoms with Crippen LogP contribution in [0, 0.1) is 0 Å². The minimum atomic E-state index is -1.14. The molecule has 0 saturated carbocycles. The van der Waals surface area contributed by atoms with Crippen LogP contribution in [0.1, 0.15) is 11.1 Å². The average molecular weight is 341 g/mol. The van der Waals surface area contributed by atoms with Gasteiger partial charge in [-0.15, -0.1) is 0 Å². The Morgan fingerprint density at radius 1 is 1.25 bits per heavy atom. The fraction of sp³-hybridized carbons (Fsp3) is 0.0588. The molecule has 0 saturated heterocycles. The van der Waals surface area contributed by atoms with Crippen molar-refractivity contribution in [2.24, 2.45) is 15.1 Å². The normalized spacial score (nSPS) is 13.7. The number of aliphatic carboxylic acids is 1. The Morgan fingerprint density at radius 3 is 2.79 bits per heavy atom. The van der Waals surface area contributed by atoms with Gasteiger partial charge < -0.3 is 5.11 Å². The molecule has 1 heterocycles. The highest BCUT2D eigenvalue weighted by Crippen LogP contribution is 2.28. The van der Waals surface area contributed by atoms with E-state index in [1.165, 1.54) is 0 Å². The van der Waals surface area contributed by atoms with E-state index in [1.807, 2.05) is 36.4 Å². The summed E-state index contributed by atoms with van der Waals surface area (Å²) in [6.45, 7) is 0.244. The Bertz CT molecular complexity index is 860. The second-order valence-corrected chi connectivity index (χ2v) is 5.40. The maximum Gasteiger partial charge on any atom is 0.348 e. The molecule has 0 unspecified atom stereocenters. The molecule has 3 rings (SSSR count). The molecule has 2 aromatic rings. The highest BCUT2D eigenvalue weighted by molar-refractivity contribution is 6.31. The summed E-state index contributed by atoms with van der Waals surface area (Å²) in [5, 5.41) is 12.8. The quantitative estimate of drug-likeness (QED) is 0.665. The van der Waals surface area contributed by atoms with Crippen molar-refractivity contribution in [3.8, 4) is 0 Å². The zero-order valence-electron chi connectivity index (χ0n) is 12.5. The third kappa shape index (κ3) is 3.67. The van der Waals surface area contributed by atoms with E-state index >= 15 is 0 Å². The third-order valence-corrected chi connectivity index (χ3v) is 3.51. The number of hydrazone groups is 1. The van der Waals surface area contributed by atoms with Crippen molar-refractivity contribution in [1.82, 2.24) is 5.43 Å². The van der Waals surface area contributed by atoms with Crippen LogP contribution in [0.25, 0.3) is 0 Å². The summed E-state index contributed by atoms with van der Waals surface area (Å²) < 4.78 is 0. The van der Waals surface area contributed by atoms with Gasteiger partial charge >= 0.3 is 5.97 Å². The molecular formula is C17H13ClN4O2. The van der Waals surface area contributed by atoms with Crippen molar-refractivity contribution in [1.29, 1.82) is 0 Å². The van der Waals surface area contributed by atoms with Crippen molar-refractivity contribution >= 4 is 41.0 Å². The molecule has 0 spiro atoms. The lowest BCUT2D eigenvalue weighted by Gasteiger charge is -2.08. The predicted molar refractivity (Wildman–Crippen MR) is 94.8 cm³/mol. The lowest BCUT2D eigenvalue weighted by atomic mass is 10.0. The van der Waals surface area contributed by atoms with E-state index in [0.717, 1.165) is 23.1 Å². The van der Waals surface area contributed by atoms with Crippen LogP contribution in [0.5, 0.6) is 0 Å². The van der Waals surface area contributed by atoms with E-state index in [4.69, 9.17) is 16.7 Å². The molecule has 7 heteroatoms. The third-order valence-electron chi connectivity index (χ3n) is 3.27. The predicted octanol–water partition coefficient (Wildman–Crippen LogP) is 2.88. The highest BCUT2D eigenvalue weighted by atomic mass is 35.5. The molecule has 6 nitrogen and oxygen atoms in total. The van der Waals surface area contributed by atoms with Gasteiger partial charge in [-0.1, -0.05) is 41.9 Å². The number of amidine groups is 1. The number of aliphatic imine (C=N–C) groups is 2. The lowest BCUT2D eigenvalue weighted by Crippen LogP contribution is -2.21. The summed E-state index contributed by atoms with van der Waals surface area (Å²) in [7, 11) is 0. The average Bonchev–Trinajstić information content (AvgIpc) is 2.74. The molecule has 0 atom stereocenters. The van der Waals surface area contributed by atoms with Crippen LogP contribution in [0.3, 0.4) is 0 Å². The molecule has 0 bridgehead atoms. The maximum atomic E-state index is 10.5. The first kappa shape index (κ1) is 15.9. The first-order valence-electron chi connectivity index (χ1n) is 7.13. The number of hydrogen-bond acceptors (Lipinski definition) is 5. The van der Waals surface area contributed by atoms with Crippen molar-refractivity contribution in [3.63, 3.8) is 0 Å². The Kier molecular flexibility index (Phi) is 4.67. The lowest BCUT2D eigenvalue weighted by molar-refractivity contribution is -0.128. The fourth-order valence-electron chi connectivity index (χ4n) is 2.28. The maximum absolute atomic E-state index is 10.5. The van der Waals surface area contributed by atoms with Crippen molar-refractivity contribution < 1.29 is 9.90 Å². The Morgan fingerprint density at radius 2 is 2.04 bits per heavy atom. The summed E-state index contributed by atoms with van der Waals surface area (Å²) in [6.07, 6.45) is 0.762. The molecule has 0 aliphatic carbocycles. The molecule has 2 aromatic carbocycles. The van der Waals surface area contributed by atoms with E-state index in [1.54, 1.807) is 12.1 Å². The van der Waals surface area contributed by atoms with Crippen LogP contribution in [0.15, 0.2) is 63.6 Å². The van der Waals surface area contributed by atoms with Gasteiger partial charge in [0.25, 0.3) is 0 Å². The number of nitrogens with zero attached hydrogens (tertiary/aromatic N) is 3. The minimum absolute atomic E-state index is 0.244. The van der Waals surface area contributed by atoms with Gasteiger partial charge in [-0.05, 0) is 18.2 Å². The number of halogens is 1. The van der Waals surface area contributed by atoms with Crippen LogP contribution in [-0.2, 0) is 4.79 Å². The molecule has 0 radical (unpaired) electrons. The van der Waals surface area contributed by atoms with Crippen LogP contribution < -0.4 is 5.43 Å². The summed E-state index contributed by atoms with van der Waals surface area (Å²) in [5.41, 5.74) is 5.84. The van der Waals surface area contributed by atoms with Gasteiger partial charge in [0.15, 0.2) is 0 Å². The molecule has 0 fully saturated rings. The second-order valence-electron chi connectivity index (χ2n) is 4.96. The number of benzene rings is 2. The Balaban J connectivity index is 2.02. The summed E-state index contributed by atoms with van der Waals surface area (Å²) in [5.74, 6) is -0.695. The number of hydrogen-bond donors (Lipinski definition) is 2. The van der Waals surface area contributed by atoms with Gasteiger partial charge in [0.1, 0.15) is 12.1 Å². The molecular weight excluding hydrogens is 328 g/mol. The standard InChI is InChI=1S/C17H13ClN4O2/c18-12-6-7-14-13(8-12)17(11-4-2-1-3-5-11)19-9-15(21-14)22-20-10-16(23)24/h1-8,10H,9H2,(H,21,22)(H,23,24). The Hall–Kier alpha value is -2.99. The summed E-state index contributed by atoms with van der Waals surface area (Å²) >= 11 is 6.13. The molecule has 1 aliphatic rings. The van der Waals surface area contributed by atoms with Gasteiger partial charge in [0, 0.05) is 16.1 Å². The van der Waals surface area contributed by atoms with E-state index in [-0.39, 0.29) is 6.54 Å². The number of carboxylic acids is 1. The van der Waals surface area contributed by atoms with Crippen molar-refractivity contribution in [2.45, 2.75) is 0 Å². The Labute approximate surface area is 143 Å². The molecule has 1 aliphatic heterocycles. The monoisotopic (exact) mass is 340 g/mol. The van der Waals surface area contributed by atoms with E-state index in [0.29, 0.717) is 16.5 Å². The topological polar surface area (TPSA) is 86.4 Å². The number of carbonyl (C=O) groups is 1. The zero-order valence-corrected chi connectivity index (χ0v) is 13.2. The largest absolute Gasteiger partial charge is 0.477 e. The molecule has 2 N–H and O–H groups in total. The number of carboxylic acid groups (broad SMARTS) is 1. The number of rotatable bonds is 3. The summed E-state index contributed by atoms with van der Waals surface area (Å²) in [6, 6.07) is 15.1. The molecule has 120 valence electrons. The molecule has 0 amide bonds. The van der Waals surface area contributed by atoms with E-state index in [9.17, 15) is 4.79 Å². The fourth-order valence-corrected chi connectivity index (χ4v) is 2.45. The minimum Gasteiger partial charge on any atom is -0.477 e. The number of nitrogens with one attached hydrogen (secondary N) is 1. The van der Waals surface area contributed by atoms with Crippen LogP contribution in [0.4, 0.5) is 5.69 Å². The van der Waals surface area contributed by atoms with E-state index in [2.05, 4.69) is 20.5 Å². The van der Waals surface area contributed by atoms with Gasteiger partial charge in [0.05, 0.1) is 17.9 Å². The van der Waals surface area contributed by atoms with Gasteiger partial charge in [-0.25, -0.2) is 9.79 Å². The van der Waals surface area contributed by atoms with Crippen LogP contribution >= 0.6 is 11.6 Å². The van der Waals surface area contributed by atoms with Gasteiger partial charge in [-0.3, -0.25) is 10.4 Å². The zero-order chi connectivity index (χ0) is 16.9. The number of fused-ring (bicyclic) bond motifs is 1. The van der Waals surface area contributed by atoms with Gasteiger partial charge in [0.2, 0.25) is 0 Å². The van der Waals surface area contributed by atoms with Gasteiger partial charge in [-0.2, -0.15) is 5.10 Å². The first-order chi connectivity index (χ1) is 11.6. The van der Waals surface area contributed by atoms with E-state index < -0.39 is 5.97 Å². The SMILES string of the molecule is O=C(O)C=NNC1=Nc2ccc(Cl)cc2C(c2ccccc2)=NC1. The highest BCUT2D eigenvalue weighted by Gasteiger charge is 2.16. The second kappa shape index (κ2) is 7.06. The first-order valence-corrected chi connectivity index (χ1v) is 7.50. The molecule has 0 aromatic heterocycles. The van der Waals surface area contributed by atoms with Crippen molar-refractivity contribution in [3.05, 3.63) is 64.7 Å². The molecule has 24 heavy (non-hydrogen) atoms. The summed E-state index contributed by atoms with van der Waals surface area (Å²) in [4.78, 5) is 19.6. The van der Waals surface area contributed by atoms with Crippen LogP contribution in [-0.4, -0.2) is 35.4 Å².